The van der Waals surface area contributed by atoms with E-state index in [2.05, 4.69) is 20.1 Å². The van der Waals surface area contributed by atoms with Gasteiger partial charge in [-0.2, -0.15) is 31.3 Å². The highest BCUT2D eigenvalue weighted by molar-refractivity contribution is 5.80. The van der Waals surface area contributed by atoms with Crippen molar-refractivity contribution in [2.45, 2.75) is 24.7 Å². The first-order valence-electron chi connectivity index (χ1n) is 9.55. The Bertz CT molecular complexity index is 1390. The highest BCUT2D eigenvalue weighted by Crippen LogP contribution is 2.42. The minimum Gasteiger partial charge on any atom is -0.446 e. The number of imidazole rings is 1. The van der Waals surface area contributed by atoms with E-state index in [0.29, 0.717) is 6.42 Å². The molecule has 1 aromatic carbocycles. The Hall–Kier alpha value is -3.83. The van der Waals surface area contributed by atoms with Gasteiger partial charge in [0, 0.05) is 17.0 Å². The van der Waals surface area contributed by atoms with Gasteiger partial charge in [-0.15, -0.1) is 0 Å². The maximum Gasteiger partial charge on any atom is 0.449 e. The molecule has 170 valence electrons. The zero-order chi connectivity index (χ0) is 23.4. The summed E-state index contributed by atoms with van der Waals surface area (Å²) in [5.74, 6) is -3.45. The average Bonchev–Trinajstić information content (AvgIpc) is 3.50. The Morgan fingerprint density at radius 3 is 2.48 bits per heavy atom. The molecule has 0 amide bonds. The van der Waals surface area contributed by atoms with Crippen LogP contribution in [-0.4, -0.2) is 20.1 Å². The smallest absolute Gasteiger partial charge is 0.446 e. The number of rotatable bonds is 3. The van der Waals surface area contributed by atoms with Gasteiger partial charge in [0.25, 0.3) is 5.89 Å². The molecule has 1 atom stereocenters. The second-order valence-electron chi connectivity index (χ2n) is 7.29. The molecule has 0 saturated carbocycles. The van der Waals surface area contributed by atoms with Crippen LogP contribution in [-0.2, 0) is 12.4 Å². The van der Waals surface area contributed by atoms with E-state index in [0.717, 1.165) is 0 Å². The van der Waals surface area contributed by atoms with Crippen molar-refractivity contribution in [2.24, 2.45) is 0 Å². The van der Waals surface area contributed by atoms with Crippen LogP contribution in [0.1, 0.15) is 29.5 Å². The highest BCUT2D eigenvalue weighted by Gasteiger charge is 2.40. The van der Waals surface area contributed by atoms with Gasteiger partial charge in [-0.1, -0.05) is 29.5 Å². The summed E-state index contributed by atoms with van der Waals surface area (Å²) in [5.41, 5.74) is 0.370. The van der Waals surface area contributed by atoms with Gasteiger partial charge in [0.1, 0.15) is 0 Å². The molecule has 5 rings (SSSR count). The number of fused-ring (bicyclic) bond motifs is 1. The van der Waals surface area contributed by atoms with Crippen molar-refractivity contribution in [2.75, 3.05) is 0 Å². The van der Waals surface area contributed by atoms with Gasteiger partial charge < -0.3 is 13.9 Å². The van der Waals surface area contributed by atoms with Crippen LogP contribution in [0.5, 0.6) is 0 Å². The van der Waals surface area contributed by atoms with E-state index >= 15 is 0 Å². The van der Waals surface area contributed by atoms with E-state index in [1.807, 2.05) is 0 Å². The Morgan fingerprint density at radius 1 is 0.970 bits per heavy atom. The van der Waals surface area contributed by atoms with Gasteiger partial charge in [0.2, 0.25) is 17.4 Å². The Morgan fingerprint density at radius 2 is 1.79 bits per heavy atom. The van der Waals surface area contributed by atoms with Crippen LogP contribution >= 0.6 is 0 Å². The molecule has 0 radical (unpaired) electrons. The number of aromatic amines is 1. The number of hydrogen-bond acceptors (Lipinski definition) is 5. The Balaban J connectivity index is 1.50. The van der Waals surface area contributed by atoms with Gasteiger partial charge in [0.15, 0.2) is 5.76 Å². The molecule has 4 aromatic rings. The van der Waals surface area contributed by atoms with Crippen LogP contribution in [0.2, 0.25) is 0 Å². The number of halogens is 6. The zero-order valence-corrected chi connectivity index (χ0v) is 16.3. The summed E-state index contributed by atoms with van der Waals surface area (Å²) < 4.78 is 89.4. The molecule has 0 saturated heterocycles. The first-order chi connectivity index (χ1) is 15.6. The van der Waals surface area contributed by atoms with Crippen molar-refractivity contribution in [3.8, 4) is 23.0 Å². The molecular weight excluding hydrogens is 454 g/mol. The summed E-state index contributed by atoms with van der Waals surface area (Å²) in [4.78, 5) is 9.74. The molecule has 0 aliphatic heterocycles. The topological polar surface area (TPSA) is 80.7 Å². The summed E-state index contributed by atoms with van der Waals surface area (Å²) in [6, 6.07) is 5.31. The molecule has 1 unspecified atom stereocenters. The standard InChI is InChI=1S/C21H12F6N4O2/c22-20(23,24)16-12(10-4-2-1-3-5-10)9-15(32-16)18-30-17(31-33-18)11-6-7-13-14(8-11)29-19(28-13)21(25,26)27/h1-4,6-10H,5H2,(H,28,29). The van der Waals surface area contributed by atoms with Crippen molar-refractivity contribution < 1.29 is 35.3 Å². The van der Waals surface area contributed by atoms with Crippen LogP contribution in [0.3, 0.4) is 0 Å². The third-order valence-electron chi connectivity index (χ3n) is 5.04. The van der Waals surface area contributed by atoms with Gasteiger partial charge in [-0.25, -0.2) is 4.98 Å². The number of hydrogen-bond donors (Lipinski definition) is 1. The van der Waals surface area contributed by atoms with E-state index < -0.39 is 29.9 Å². The quantitative estimate of drug-likeness (QED) is 0.348. The molecule has 33 heavy (non-hydrogen) atoms. The maximum absolute atomic E-state index is 13.5. The number of alkyl halides is 6. The second kappa shape index (κ2) is 7.36. The number of aromatic nitrogens is 4. The fraction of sp³-hybridized carbons (Fsp3) is 0.190. The SMILES string of the molecule is FC(F)(F)c1nc2cc(-c3noc(-c4cc(C5C=CC=CC5)c(C(F)(F)F)o4)n3)ccc2[nH]1. The van der Waals surface area contributed by atoms with Crippen LogP contribution in [0.25, 0.3) is 34.1 Å². The van der Waals surface area contributed by atoms with Crippen molar-refractivity contribution in [1.29, 1.82) is 0 Å². The number of benzene rings is 1. The Kier molecular flexibility index (Phi) is 4.69. The molecule has 12 heteroatoms. The third kappa shape index (κ3) is 3.92. The van der Waals surface area contributed by atoms with E-state index in [-0.39, 0.29) is 39.6 Å². The lowest BCUT2D eigenvalue weighted by atomic mass is 9.92. The van der Waals surface area contributed by atoms with Crippen molar-refractivity contribution in [3.05, 3.63) is 65.7 Å². The van der Waals surface area contributed by atoms with Crippen molar-refractivity contribution in [1.82, 2.24) is 20.1 Å². The molecule has 1 N–H and O–H groups in total. The van der Waals surface area contributed by atoms with Gasteiger partial charge >= 0.3 is 12.4 Å². The number of nitrogens with one attached hydrogen (secondary N) is 1. The van der Waals surface area contributed by atoms with E-state index in [4.69, 9.17) is 8.94 Å². The van der Waals surface area contributed by atoms with Crippen LogP contribution < -0.4 is 0 Å². The van der Waals surface area contributed by atoms with E-state index in [1.54, 1.807) is 24.3 Å². The highest BCUT2D eigenvalue weighted by atomic mass is 19.4. The average molecular weight is 466 g/mol. The predicted octanol–water partition coefficient (Wildman–Crippen LogP) is 6.51. The summed E-state index contributed by atoms with van der Waals surface area (Å²) in [5, 5.41) is 3.73. The Labute approximate surface area is 180 Å². The fourth-order valence-electron chi connectivity index (χ4n) is 3.54. The van der Waals surface area contributed by atoms with E-state index in [9.17, 15) is 26.3 Å². The minimum atomic E-state index is -4.73. The molecule has 1 aliphatic rings. The zero-order valence-electron chi connectivity index (χ0n) is 16.3. The molecule has 3 aromatic heterocycles. The largest absolute Gasteiger partial charge is 0.449 e. The van der Waals surface area contributed by atoms with Crippen LogP contribution in [0.15, 0.2) is 57.5 Å². The molecule has 1 aliphatic carbocycles. The normalized spacial score (nSPS) is 16.7. The van der Waals surface area contributed by atoms with Gasteiger partial charge in [-0.05, 0) is 30.7 Å². The first-order valence-corrected chi connectivity index (χ1v) is 9.55. The number of furan rings is 1. The van der Waals surface area contributed by atoms with Crippen LogP contribution in [0, 0.1) is 0 Å². The predicted molar refractivity (Wildman–Crippen MR) is 103 cm³/mol. The summed E-state index contributed by atoms with van der Waals surface area (Å²) in [7, 11) is 0. The molecule has 3 heterocycles. The summed E-state index contributed by atoms with van der Waals surface area (Å²) in [6.07, 6.45) is -2.22. The fourth-order valence-corrected chi connectivity index (χ4v) is 3.54. The third-order valence-corrected chi connectivity index (χ3v) is 5.04. The molecule has 0 bridgehead atoms. The monoisotopic (exact) mass is 466 g/mol. The molecule has 6 nitrogen and oxygen atoms in total. The number of allylic oxidation sites excluding steroid dienone is 4. The van der Waals surface area contributed by atoms with Crippen molar-refractivity contribution >= 4 is 11.0 Å². The lowest BCUT2D eigenvalue weighted by Gasteiger charge is -2.14. The molecular formula is C21H12F6N4O2. The number of nitrogens with zero attached hydrogens (tertiary/aromatic N) is 3. The molecule has 0 fully saturated rings. The maximum atomic E-state index is 13.5. The first kappa shape index (κ1) is 21.0. The number of H-pyrrole nitrogens is 1. The van der Waals surface area contributed by atoms with Crippen LogP contribution in [0.4, 0.5) is 26.3 Å². The van der Waals surface area contributed by atoms with E-state index in [1.165, 1.54) is 24.3 Å². The van der Waals surface area contributed by atoms with Gasteiger partial charge in [0.05, 0.1) is 11.0 Å². The summed E-state index contributed by atoms with van der Waals surface area (Å²) in [6.45, 7) is 0. The minimum absolute atomic E-state index is 0.0166. The van der Waals surface area contributed by atoms with Gasteiger partial charge in [-0.3, -0.25) is 0 Å². The molecule has 0 spiro atoms. The summed E-state index contributed by atoms with van der Waals surface area (Å²) >= 11 is 0. The van der Waals surface area contributed by atoms with Crippen molar-refractivity contribution in [3.63, 3.8) is 0 Å². The second-order valence-corrected chi connectivity index (χ2v) is 7.29. The lowest BCUT2D eigenvalue weighted by molar-refractivity contribution is -0.153. The lowest BCUT2D eigenvalue weighted by Crippen LogP contribution is -2.09.